The Balaban J connectivity index is 2.40. The molecule has 1 unspecified atom stereocenters. The van der Waals surface area contributed by atoms with Crippen LogP contribution in [0.4, 0.5) is 11.4 Å². The van der Waals surface area contributed by atoms with Gasteiger partial charge < -0.3 is 10.6 Å². The summed E-state index contributed by atoms with van der Waals surface area (Å²) in [5.74, 6) is -0.301. The van der Waals surface area contributed by atoms with Gasteiger partial charge in [-0.2, -0.15) is 0 Å². The molecule has 44 heavy (non-hydrogen) atoms. The number of aliphatic imine (C=N–C) groups is 1. The van der Waals surface area contributed by atoms with Gasteiger partial charge in [0.25, 0.3) is 5.91 Å². The predicted octanol–water partition coefficient (Wildman–Crippen LogP) is 8.87. The zero-order chi connectivity index (χ0) is 32.6. The molecule has 7 nitrogen and oxygen atoms in total. The van der Waals surface area contributed by atoms with Crippen molar-refractivity contribution in [1.82, 2.24) is 9.88 Å². The van der Waals surface area contributed by atoms with E-state index in [4.69, 9.17) is 0 Å². The second kappa shape index (κ2) is 18.9. The van der Waals surface area contributed by atoms with Gasteiger partial charge in [-0.05, 0) is 109 Å². The fraction of sp³-hybridized carbons (Fsp3) is 0.514. The number of rotatable bonds is 15. The highest BCUT2D eigenvalue weighted by Gasteiger charge is 2.22. The monoisotopic (exact) mass is 601 g/mol. The minimum Gasteiger partial charge on any atom is -0.324 e. The van der Waals surface area contributed by atoms with Crippen LogP contribution in [-0.2, 0) is 9.59 Å². The lowest BCUT2D eigenvalue weighted by atomic mass is 9.95. The number of unbranched alkanes of at least 4 members (excludes halogenated alkanes) is 1. The first-order valence-corrected chi connectivity index (χ1v) is 16.3. The van der Waals surface area contributed by atoms with Crippen molar-refractivity contribution in [3.63, 3.8) is 0 Å². The average molecular weight is 602 g/mol. The maximum Gasteiger partial charge on any atom is 0.255 e. The second-order valence-electron chi connectivity index (χ2n) is 12.1. The maximum atomic E-state index is 13.8. The number of hydrogen-bond acceptors (Lipinski definition) is 5. The van der Waals surface area contributed by atoms with E-state index in [9.17, 15) is 9.59 Å². The molecule has 0 aromatic carbocycles. The summed E-state index contributed by atoms with van der Waals surface area (Å²) < 4.78 is 0. The van der Waals surface area contributed by atoms with Gasteiger partial charge in [0, 0.05) is 23.5 Å². The lowest BCUT2D eigenvalue weighted by Crippen LogP contribution is -2.35. The smallest absolute Gasteiger partial charge is 0.255 e. The molecule has 2 amide bonds. The Morgan fingerprint density at radius 3 is 2.41 bits per heavy atom. The van der Waals surface area contributed by atoms with Gasteiger partial charge in [-0.3, -0.25) is 24.5 Å². The lowest BCUT2D eigenvalue weighted by molar-refractivity contribution is -0.117. The van der Waals surface area contributed by atoms with Crippen LogP contribution in [0.15, 0.2) is 75.6 Å². The van der Waals surface area contributed by atoms with Gasteiger partial charge in [-0.1, -0.05) is 57.4 Å². The molecule has 1 aromatic rings. The molecule has 1 atom stereocenters. The molecule has 2 heterocycles. The predicted molar refractivity (Wildman–Crippen MR) is 187 cm³/mol. The molecule has 1 aromatic heterocycles. The van der Waals surface area contributed by atoms with Crippen LogP contribution in [0.25, 0.3) is 0 Å². The van der Waals surface area contributed by atoms with Crippen LogP contribution in [0.2, 0.25) is 0 Å². The van der Waals surface area contributed by atoms with Crippen molar-refractivity contribution in [2.75, 3.05) is 23.7 Å². The van der Waals surface area contributed by atoms with Crippen molar-refractivity contribution in [1.29, 1.82) is 0 Å². The number of allylic oxidation sites excluding steroid dienone is 7. The minimum absolute atomic E-state index is 0.0761. The Morgan fingerprint density at radius 1 is 1.07 bits per heavy atom. The molecule has 240 valence electrons. The molecule has 0 saturated carbocycles. The van der Waals surface area contributed by atoms with Crippen LogP contribution in [0.5, 0.6) is 0 Å². The molecule has 1 aliphatic heterocycles. The highest BCUT2D eigenvalue weighted by molar-refractivity contribution is 6.06. The van der Waals surface area contributed by atoms with Crippen LogP contribution >= 0.6 is 0 Å². The molecule has 2 rings (SSSR count). The zero-order valence-electron chi connectivity index (χ0n) is 28.6. The van der Waals surface area contributed by atoms with Gasteiger partial charge in [0.2, 0.25) is 5.91 Å². The van der Waals surface area contributed by atoms with Crippen LogP contribution < -0.4 is 10.6 Å². The highest BCUT2D eigenvalue weighted by Crippen LogP contribution is 2.25. The zero-order valence-corrected chi connectivity index (χ0v) is 28.6. The number of hydrogen-bond donors (Lipinski definition) is 2. The Morgan fingerprint density at radius 2 is 1.82 bits per heavy atom. The minimum atomic E-state index is -0.225. The van der Waals surface area contributed by atoms with Gasteiger partial charge in [-0.25, -0.2) is 0 Å². The maximum absolute atomic E-state index is 13.8. The van der Waals surface area contributed by atoms with Gasteiger partial charge in [0.1, 0.15) is 0 Å². The number of likely N-dealkylation sites (tertiary alicyclic amines) is 1. The van der Waals surface area contributed by atoms with E-state index < -0.39 is 0 Å². The summed E-state index contributed by atoms with van der Waals surface area (Å²) in [6.07, 6.45) is 18.7. The molecule has 0 radical (unpaired) electrons. The third-order valence-corrected chi connectivity index (χ3v) is 7.68. The number of nitrogens with one attached hydrogen (secondary N) is 2. The van der Waals surface area contributed by atoms with Crippen molar-refractivity contribution in [2.45, 2.75) is 113 Å². The Labute approximate surface area is 266 Å². The topological polar surface area (TPSA) is 86.7 Å². The van der Waals surface area contributed by atoms with E-state index in [1.165, 1.54) is 11.1 Å². The number of carbonyl (C=O) groups is 2. The number of anilines is 2. The number of aromatic nitrogens is 1. The molecule has 2 N–H and O–H groups in total. The molecule has 1 aliphatic rings. The van der Waals surface area contributed by atoms with Crippen LogP contribution in [0.3, 0.4) is 0 Å². The van der Waals surface area contributed by atoms with Crippen LogP contribution in [0.1, 0.15) is 106 Å². The molecule has 1 saturated heterocycles. The van der Waals surface area contributed by atoms with Crippen molar-refractivity contribution >= 4 is 28.9 Å². The summed E-state index contributed by atoms with van der Waals surface area (Å²) in [5, 5.41) is 6.03. The van der Waals surface area contributed by atoms with E-state index in [0.717, 1.165) is 68.3 Å². The summed E-state index contributed by atoms with van der Waals surface area (Å²) in [7, 11) is 0. The molecular weight excluding hydrogens is 546 g/mol. The van der Waals surface area contributed by atoms with Crippen LogP contribution in [0, 0.1) is 6.92 Å². The fourth-order valence-corrected chi connectivity index (χ4v) is 4.99. The third-order valence-electron chi connectivity index (χ3n) is 7.68. The Kier molecular flexibility index (Phi) is 15.8. The first kappa shape index (κ1) is 36.6. The van der Waals surface area contributed by atoms with Crippen LogP contribution in [-0.4, -0.2) is 46.5 Å². The van der Waals surface area contributed by atoms with E-state index in [1.54, 1.807) is 12.3 Å². The molecule has 7 heteroatoms. The number of pyridine rings is 1. The Bertz CT molecular complexity index is 1320. The van der Waals surface area contributed by atoms with Crippen molar-refractivity contribution in [2.24, 2.45) is 4.99 Å². The quantitative estimate of drug-likeness (QED) is 0.119. The van der Waals surface area contributed by atoms with E-state index in [0.29, 0.717) is 35.2 Å². The van der Waals surface area contributed by atoms with Gasteiger partial charge in [0.05, 0.1) is 29.8 Å². The molecule has 0 bridgehead atoms. The largest absolute Gasteiger partial charge is 0.324 e. The number of nitrogens with zero attached hydrogens (tertiary/aromatic N) is 3. The summed E-state index contributed by atoms with van der Waals surface area (Å²) in [6.45, 7) is 19.9. The lowest BCUT2D eigenvalue weighted by Gasteiger charge is -2.20. The van der Waals surface area contributed by atoms with E-state index >= 15 is 0 Å². The number of amides is 2. The van der Waals surface area contributed by atoms with Crippen molar-refractivity contribution in [3.8, 4) is 0 Å². The summed E-state index contributed by atoms with van der Waals surface area (Å²) >= 11 is 0. The molecule has 0 aliphatic carbocycles. The highest BCUT2D eigenvalue weighted by atomic mass is 16.2. The number of carbonyl (C=O) groups excluding carboxylic acids is 2. The molecule has 1 fully saturated rings. The first-order valence-electron chi connectivity index (χ1n) is 16.3. The molecule has 0 spiro atoms. The summed E-state index contributed by atoms with van der Waals surface area (Å²) in [5.41, 5.74) is 7.94. The first-order chi connectivity index (χ1) is 21.0. The number of aryl methyl sites for hydroxylation is 1. The van der Waals surface area contributed by atoms with E-state index in [-0.39, 0.29) is 11.8 Å². The normalized spacial score (nSPS) is 16.3. The standard InChI is InChI=1S/C37H55N5O2/c1-10-13-14-18-31(21-33(26(4)5)20-30(12-3)32(16-11-2)23-38-27(6)7)37(44)41-35-22-34(24-39-29(35)9)40-36(43)25-42-19-15-17-28(42)8/h14,18,20-24,28H,10-13,15-17,19,25H2,1-9H3,(H,40,43)(H,41,44)/b18-14+,30-20+,31-21+,32-23+. The summed E-state index contributed by atoms with van der Waals surface area (Å²) in [6, 6.07) is 2.20. The van der Waals surface area contributed by atoms with Gasteiger partial charge in [-0.15, -0.1) is 0 Å². The van der Waals surface area contributed by atoms with Crippen molar-refractivity contribution in [3.05, 3.63) is 76.3 Å². The van der Waals surface area contributed by atoms with E-state index in [1.807, 2.05) is 45.2 Å². The Hall–Kier alpha value is -3.58. The van der Waals surface area contributed by atoms with E-state index in [2.05, 4.69) is 73.1 Å². The van der Waals surface area contributed by atoms with Gasteiger partial charge >= 0.3 is 0 Å². The third kappa shape index (κ3) is 12.2. The molecular formula is C37H55N5O2. The van der Waals surface area contributed by atoms with Gasteiger partial charge in [0.15, 0.2) is 0 Å². The van der Waals surface area contributed by atoms with Crippen molar-refractivity contribution < 1.29 is 9.59 Å². The average Bonchev–Trinajstić information content (AvgIpc) is 3.37. The second-order valence-corrected chi connectivity index (χ2v) is 12.1. The SMILES string of the molecule is CCC/C=C/C(=C\C(/C=C(CC)/C(=C/N=C(C)C)CCC)=C(C)C)C(=O)Nc1cc(NC(=O)CN2CCCC2C)cnc1C. The fourth-order valence-electron chi connectivity index (χ4n) is 4.99. The summed E-state index contributed by atoms with van der Waals surface area (Å²) in [4.78, 5) is 37.7.